The highest BCUT2D eigenvalue weighted by atomic mass is 16.7. The third-order valence-electron chi connectivity index (χ3n) is 6.11. The van der Waals surface area contributed by atoms with E-state index in [1.165, 1.54) is 0 Å². The van der Waals surface area contributed by atoms with Gasteiger partial charge in [0.25, 0.3) is 0 Å². The summed E-state index contributed by atoms with van der Waals surface area (Å²) in [6, 6.07) is 6.02. The number of nitrogens with zero attached hydrogens (tertiary/aromatic N) is 2. The van der Waals surface area contributed by atoms with Gasteiger partial charge in [0, 0.05) is 38.8 Å². The molecule has 1 atom stereocenters. The summed E-state index contributed by atoms with van der Waals surface area (Å²) in [4.78, 5) is 29.3. The van der Waals surface area contributed by atoms with Crippen LogP contribution in [0.1, 0.15) is 37.3 Å². The molecule has 0 bridgehead atoms. The van der Waals surface area contributed by atoms with Crippen molar-refractivity contribution in [2.75, 3.05) is 46.6 Å². The summed E-state index contributed by atoms with van der Waals surface area (Å²) in [5.41, 5.74) is 1.05. The van der Waals surface area contributed by atoms with Crippen molar-refractivity contribution in [3.63, 3.8) is 0 Å². The first-order valence-electron chi connectivity index (χ1n) is 10.5. The summed E-state index contributed by atoms with van der Waals surface area (Å²) in [6.45, 7) is 4.35. The lowest BCUT2D eigenvalue weighted by molar-refractivity contribution is -0.139. The van der Waals surface area contributed by atoms with Crippen molar-refractivity contribution in [2.24, 2.45) is 0 Å². The van der Waals surface area contributed by atoms with Crippen LogP contribution in [-0.2, 0) is 9.59 Å². The fourth-order valence-corrected chi connectivity index (χ4v) is 4.30. The molecule has 1 aromatic carbocycles. The Bertz CT molecular complexity index is 742. The van der Waals surface area contributed by atoms with E-state index >= 15 is 0 Å². The van der Waals surface area contributed by atoms with Crippen molar-refractivity contribution in [1.82, 2.24) is 20.4 Å². The van der Waals surface area contributed by atoms with Gasteiger partial charge in [0.2, 0.25) is 6.79 Å². The van der Waals surface area contributed by atoms with Gasteiger partial charge in [0.1, 0.15) is 0 Å². The maximum atomic E-state index is 12.4. The van der Waals surface area contributed by atoms with Gasteiger partial charge in [-0.2, -0.15) is 0 Å². The lowest BCUT2D eigenvalue weighted by Crippen LogP contribution is -2.50. The highest BCUT2D eigenvalue weighted by Gasteiger charge is 2.28. The zero-order valence-electron chi connectivity index (χ0n) is 17.0. The Morgan fingerprint density at radius 2 is 1.79 bits per heavy atom. The Balaban J connectivity index is 1.42. The summed E-state index contributed by atoms with van der Waals surface area (Å²) in [5.74, 6) is 0.384. The summed E-state index contributed by atoms with van der Waals surface area (Å²) in [5, 5.41) is 5.71. The summed E-state index contributed by atoms with van der Waals surface area (Å²) in [6.07, 6.45) is 4.14. The van der Waals surface area contributed by atoms with Crippen LogP contribution in [0.3, 0.4) is 0 Å². The van der Waals surface area contributed by atoms with Crippen LogP contribution in [0.25, 0.3) is 0 Å². The van der Waals surface area contributed by atoms with E-state index in [2.05, 4.69) is 27.5 Å². The van der Waals surface area contributed by atoms with E-state index < -0.39 is 11.8 Å². The number of fused-ring (bicyclic) bond motifs is 1. The number of hydrogen-bond acceptors (Lipinski definition) is 6. The zero-order chi connectivity index (χ0) is 20.2. The SMILES string of the molecule is CN1CCN(C(CNC(=O)C(=O)NC2CCCC2)c2ccc3c(c2)OCO3)CC1. The molecule has 8 nitrogen and oxygen atoms in total. The normalized spacial score (nSPS) is 21.1. The van der Waals surface area contributed by atoms with Crippen molar-refractivity contribution in [1.29, 1.82) is 0 Å². The second kappa shape index (κ2) is 9.00. The first-order chi connectivity index (χ1) is 14.1. The molecule has 1 saturated carbocycles. The van der Waals surface area contributed by atoms with Crippen molar-refractivity contribution in [3.8, 4) is 11.5 Å². The molecular weight excluding hydrogens is 372 g/mol. The molecule has 0 aromatic heterocycles. The van der Waals surface area contributed by atoms with E-state index in [0.29, 0.717) is 6.54 Å². The molecular formula is C21H30N4O4. The lowest BCUT2D eigenvalue weighted by Gasteiger charge is -2.38. The van der Waals surface area contributed by atoms with Gasteiger partial charge in [0.15, 0.2) is 11.5 Å². The van der Waals surface area contributed by atoms with E-state index in [-0.39, 0.29) is 18.9 Å². The zero-order valence-corrected chi connectivity index (χ0v) is 17.0. The number of benzene rings is 1. The van der Waals surface area contributed by atoms with Crippen LogP contribution in [0.15, 0.2) is 18.2 Å². The van der Waals surface area contributed by atoms with Crippen LogP contribution in [0.5, 0.6) is 11.5 Å². The molecule has 1 aromatic rings. The maximum Gasteiger partial charge on any atom is 0.309 e. The number of carbonyl (C=O) groups excluding carboxylic acids is 2. The van der Waals surface area contributed by atoms with Crippen LogP contribution in [0, 0.1) is 0 Å². The van der Waals surface area contributed by atoms with Crippen molar-refractivity contribution in [2.45, 2.75) is 37.8 Å². The lowest BCUT2D eigenvalue weighted by atomic mass is 10.0. The third kappa shape index (κ3) is 4.82. The quantitative estimate of drug-likeness (QED) is 0.712. The molecule has 2 aliphatic heterocycles. The predicted molar refractivity (Wildman–Crippen MR) is 108 cm³/mol. The highest BCUT2D eigenvalue weighted by Crippen LogP contribution is 2.35. The van der Waals surface area contributed by atoms with Crippen LogP contribution in [0.2, 0.25) is 0 Å². The maximum absolute atomic E-state index is 12.4. The molecule has 2 N–H and O–H groups in total. The molecule has 4 rings (SSSR count). The van der Waals surface area contributed by atoms with Gasteiger partial charge in [-0.3, -0.25) is 14.5 Å². The fourth-order valence-electron chi connectivity index (χ4n) is 4.30. The number of hydrogen-bond donors (Lipinski definition) is 2. The third-order valence-corrected chi connectivity index (χ3v) is 6.11. The number of piperazine rings is 1. The number of ether oxygens (including phenoxy) is 2. The molecule has 0 spiro atoms. The number of nitrogens with one attached hydrogen (secondary N) is 2. The minimum Gasteiger partial charge on any atom is -0.454 e. The molecule has 1 unspecified atom stereocenters. The number of rotatable bonds is 5. The molecule has 2 heterocycles. The number of carbonyl (C=O) groups is 2. The monoisotopic (exact) mass is 402 g/mol. The average molecular weight is 402 g/mol. The predicted octanol–water partition coefficient (Wildman–Crippen LogP) is 0.879. The minimum absolute atomic E-state index is 0.0265. The van der Waals surface area contributed by atoms with Gasteiger partial charge in [0.05, 0.1) is 6.04 Å². The Morgan fingerprint density at radius 3 is 2.55 bits per heavy atom. The molecule has 0 radical (unpaired) electrons. The smallest absolute Gasteiger partial charge is 0.309 e. The second-order valence-corrected chi connectivity index (χ2v) is 8.13. The number of amides is 2. The van der Waals surface area contributed by atoms with Gasteiger partial charge in [-0.1, -0.05) is 18.9 Å². The minimum atomic E-state index is -0.559. The first kappa shape index (κ1) is 20.0. The molecule has 3 aliphatic rings. The van der Waals surface area contributed by atoms with Crippen molar-refractivity contribution >= 4 is 11.8 Å². The van der Waals surface area contributed by atoms with Crippen LogP contribution >= 0.6 is 0 Å². The van der Waals surface area contributed by atoms with Crippen LogP contribution < -0.4 is 20.1 Å². The van der Waals surface area contributed by atoms with E-state index in [1.807, 2.05) is 18.2 Å². The van der Waals surface area contributed by atoms with Gasteiger partial charge >= 0.3 is 11.8 Å². The molecule has 29 heavy (non-hydrogen) atoms. The van der Waals surface area contributed by atoms with E-state index in [1.54, 1.807) is 0 Å². The summed E-state index contributed by atoms with van der Waals surface area (Å²) in [7, 11) is 2.11. The van der Waals surface area contributed by atoms with E-state index in [4.69, 9.17) is 9.47 Å². The number of likely N-dealkylation sites (N-methyl/N-ethyl adjacent to an activating group) is 1. The Hall–Kier alpha value is -2.32. The standard InChI is InChI=1S/C21H30N4O4/c1-24-8-10-25(11-9-24)17(15-6-7-18-19(12-15)29-14-28-18)13-22-20(26)21(27)23-16-4-2-3-5-16/h6-7,12,16-17H,2-5,8-11,13-14H2,1H3,(H,22,26)(H,23,27). The van der Waals surface area contributed by atoms with Crippen molar-refractivity contribution < 1.29 is 19.1 Å². The molecule has 158 valence electrons. The molecule has 8 heteroatoms. The summed E-state index contributed by atoms with van der Waals surface area (Å²) < 4.78 is 11.0. The van der Waals surface area contributed by atoms with Crippen LogP contribution in [0.4, 0.5) is 0 Å². The van der Waals surface area contributed by atoms with E-state index in [0.717, 1.165) is 68.9 Å². The highest BCUT2D eigenvalue weighted by molar-refractivity contribution is 6.35. The van der Waals surface area contributed by atoms with Gasteiger partial charge in [-0.25, -0.2) is 0 Å². The largest absolute Gasteiger partial charge is 0.454 e. The first-order valence-corrected chi connectivity index (χ1v) is 10.5. The van der Waals surface area contributed by atoms with Gasteiger partial charge in [-0.15, -0.1) is 0 Å². The fraction of sp³-hybridized carbons (Fsp3) is 0.619. The van der Waals surface area contributed by atoms with Gasteiger partial charge in [-0.05, 0) is 37.6 Å². The molecule has 1 saturated heterocycles. The summed E-state index contributed by atoms with van der Waals surface area (Å²) >= 11 is 0. The Morgan fingerprint density at radius 1 is 1.07 bits per heavy atom. The molecule has 2 amide bonds. The average Bonchev–Trinajstić information content (AvgIpc) is 3.40. The topological polar surface area (TPSA) is 83.1 Å². The van der Waals surface area contributed by atoms with Crippen LogP contribution in [-0.4, -0.2) is 74.2 Å². The Labute approximate surface area is 171 Å². The van der Waals surface area contributed by atoms with Gasteiger partial charge < -0.3 is 25.0 Å². The molecule has 1 aliphatic carbocycles. The molecule has 2 fully saturated rings. The van der Waals surface area contributed by atoms with E-state index in [9.17, 15) is 9.59 Å². The Kier molecular flexibility index (Phi) is 6.20. The second-order valence-electron chi connectivity index (χ2n) is 8.13. The van der Waals surface area contributed by atoms with Crippen molar-refractivity contribution in [3.05, 3.63) is 23.8 Å².